The van der Waals surface area contributed by atoms with Gasteiger partial charge in [0.2, 0.25) is 10.9 Å². The van der Waals surface area contributed by atoms with Crippen molar-refractivity contribution >= 4 is 46.8 Å². The first-order chi connectivity index (χ1) is 30.0. The fraction of sp³-hybridized carbons (Fsp3) is 0.395. The maximum atomic E-state index is 14.5. The maximum Gasteiger partial charge on any atom is 0.274 e. The number of ether oxygens (including phenoxy) is 1. The normalized spacial score (nSPS) is 22.5. The molecule has 8 rings (SSSR count). The Bertz CT molecular complexity index is 2730. The summed E-state index contributed by atoms with van der Waals surface area (Å²) < 4.78 is 38.0. The summed E-state index contributed by atoms with van der Waals surface area (Å²) in [6.07, 6.45) is 3.20. The van der Waals surface area contributed by atoms with Gasteiger partial charge in [-0.3, -0.25) is 28.8 Å². The highest BCUT2D eigenvalue weighted by Crippen LogP contribution is 2.55. The smallest absolute Gasteiger partial charge is 0.274 e. The predicted octanol–water partition coefficient (Wildman–Crippen LogP) is 3.33. The van der Waals surface area contributed by atoms with E-state index in [0.717, 1.165) is 0 Å². The van der Waals surface area contributed by atoms with E-state index in [1.54, 1.807) is 13.8 Å². The molecule has 4 heterocycles. The number of aromatic hydroxyl groups is 2. The van der Waals surface area contributed by atoms with Gasteiger partial charge >= 0.3 is 0 Å². The second kappa shape index (κ2) is 16.4. The second-order valence-electron chi connectivity index (χ2n) is 16.5. The molecule has 332 valence electrons. The molecule has 2 aliphatic carbocycles. The van der Waals surface area contributed by atoms with Gasteiger partial charge in [0.25, 0.3) is 23.6 Å². The van der Waals surface area contributed by atoms with Crippen LogP contribution in [0.1, 0.15) is 79.5 Å². The Hall–Kier alpha value is -5.82. The van der Waals surface area contributed by atoms with Crippen molar-refractivity contribution in [3.8, 4) is 11.5 Å². The van der Waals surface area contributed by atoms with Gasteiger partial charge in [0.15, 0.2) is 22.9 Å². The van der Waals surface area contributed by atoms with Crippen LogP contribution >= 0.6 is 23.2 Å². The molecule has 0 bridgehead atoms. The van der Waals surface area contributed by atoms with Gasteiger partial charge < -0.3 is 49.6 Å². The summed E-state index contributed by atoms with van der Waals surface area (Å²) in [5, 5.41) is 37.2. The van der Waals surface area contributed by atoms with E-state index < -0.39 is 91.8 Å². The second-order valence-corrected chi connectivity index (χ2v) is 17.3. The predicted molar refractivity (Wildman–Crippen MR) is 222 cm³/mol. The molecule has 4 amide bonds. The highest BCUT2D eigenvalue weighted by Gasteiger charge is 2.62. The van der Waals surface area contributed by atoms with Crippen LogP contribution in [0.4, 0.5) is 8.78 Å². The van der Waals surface area contributed by atoms with Crippen LogP contribution in [0, 0.1) is 23.5 Å². The van der Waals surface area contributed by atoms with E-state index in [9.17, 15) is 52.9 Å². The van der Waals surface area contributed by atoms with Crippen molar-refractivity contribution in [3.63, 3.8) is 0 Å². The Kier molecular flexibility index (Phi) is 11.4. The number of likely N-dealkylation sites (N-methyl/N-ethyl adjacent to an activating group) is 1. The lowest BCUT2D eigenvalue weighted by atomic mass is 10.0. The molecule has 2 spiro atoms. The van der Waals surface area contributed by atoms with Gasteiger partial charge in [-0.1, -0.05) is 47.5 Å². The molecule has 2 fully saturated rings. The molecule has 2 aromatic carbocycles. The van der Waals surface area contributed by atoms with E-state index in [2.05, 4.69) is 10.6 Å². The first-order valence-electron chi connectivity index (χ1n) is 20.2. The average molecular weight is 912 g/mol. The number of carbonyl (C=O) groups is 4. The van der Waals surface area contributed by atoms with Crippen molar-refractivity contribution < 1.29 is 48.0 Å². The first kappa shape index (κ1) is 43.8. The number of benzene rings is 2. The summed E-state index contributed by atoms with van der Waals surface area (Å²) in [4.78, 5) is 83.8. The van der Waals surface area contributed by atoms with Gasteiger partial charge in [0, 0.05) is 74.7 Å². The van der Waals surface area contributed by atoms with Crippen molar-refractivity contribution in [3.05, 3.63) is 125 Å². The van der Waals surface area contributed by atoms with E-state index in [0.29, 0.717) is 12.8 Å². The lowest BCUT2D eigenvalue weighted by Crippen LogP contribution is -2.54. The van der Waals surface area contributed by atoms with Crippen LogP contribution in [0.3, 0.4) is 0 Å². The molecular weight excluding hydrogens is 869 g/mol. The number of aliphatic hydroxyl groups is 1. The zero-order valence-electron chi connectivity index (χ0n) is 33.9. The number of aliphatic hydroxyl groups excluding tert-OH is 1. The Morgan fingerprint density at radius 2 is 1.30 bits per heavy atom. The van der Waals surface area contributed by atoms with Crippen molar-refractivity contribution in [1.29, 1.82) is 0 Å². The molecule has 5 N–H and O–H groups in total. The number of nitrogens with zero attached hydrogens (tertiary/aromatic N) is 4. The molecule has 4 aromatic rings. The van der Waals surface area contributed by atoms with Crippen LogP contribution in [0.25, 0.3) is 0 Å². The number of carbonyl (C=O) groups excluding carboxylic acids is 4. The van der Waals surface area contributed by atoms with Crippen molar-refractivity contribution in [2.75, 3.05) is 39.5 Å². The topological polar surface area (TPSA) is 213 Å². The summed E-state index contributed by atoms with van der Waals surface area (Å²) in [6, 6.07) is 7.86. The minimum atomic E-state index is -1.12. The number of hydrogen-bond acceptors (Lipinski definition) is 10. The highest BCUT2D eigenvalue weighted by atomic mass is 35.5. The van der Waals surface area contributed by atoms with Gasteiger partial charge in [-0.2, -0.15) is 0 Å². The zero-order valence-corrected chi connectivity index (χ0v) is 35.4. The molecule has 20 heteroatoms. The van der Waals surface area contributed by atoms with Gasteiger partial charge in [-0.25, -0.2) is 8.78 Å². The number of rotatable bonds is 13. The third-order valence-electron chi connectivity index (χ3n) is 12.8. The molecule has 16 nitrogen and oxygen atoms in total. The fourth-order valence-corrected chi connectivity index (χ4v) is 9.39. The third kappa shape index (κ3) is 7.31. The Labute approximate surface area is 367 Å². The van der Waals surface area contributed by atoms with Gasteiger partial charge in [-0.15, -0.1) is 0 Å². The molecule has 5 atom stereocenters. The summed E-state index contributed by atoms with van der Waals surface area (Å²) in [5.74, 6) is -7.18. The largest absolute Gasteiger partial charge is 0.503 e. The molecule has 5 unspecified atom stereocenters. The SMILES string of the molecule is CCN1CC2(CC2COCC(C)N2CC3(CC3CO)n3cc(C(=O)NCc4cccc(Cl)c4F)c(=O)c(O)c3C2=O)n2cc(C(=O)NCc3cccc(Cl)c3F)c(=O)c(O)c2C1=O. The molecule has 0 radical (unpaired) electrons. The quantitative estimate of drug-likeness (QED) is 0.132. The number of amides is 4. The van der Waals surface area contributed by atoms with Crippen LogP contribution in [0.5, 0.6) is 11.5 Å². The zero-order chi connectivity index (χ0) is 45.3. The number of nitrogens with one attached hydrogen (secondary N) is 2. The Morgan fingerprint density at radius 1 is 0.810 bits per heavy atom. The van der Waals surface area contributed by atoms with Gasteiger partial charge in [0.1, 0.15) is 22.8 Å². The number of aromatic nitrogens is 2. The standard InChI is InChI=1S/C43H42Cl2F2N6O10/c1-3-50-19-42(52-14-26(34(55)36(57)32(52)40(50)61)38(59)48-12-22-6-4-8-28(44)30(22)46)11-25(42)18-63-17-21(2)51-20-43(10-24(43)16-54)53-15-27(35(56)37(58)33(53)41(51)62)39(60)49-13-23-7-5-9-29(45)31(23)47/h4-9,14-15,21,24-25,54,57-58H,3,10-13,16-20H2,1-2H3,(H,48,59)(H,49,60). The van der Waals surface area contributed by atoms with Crippen molar-refractivity contribution in [2.24, 2.45) is 11.8 Å². The van der Waals surface area contributed by atoms with E-state index in [1.807, 2.05) is 0 Å². The third-order valence-corrected chi connectivity index (χ3v) is 13.4. The van der Waals surface area contributed by atoms with E-state index in [4.69, 9.17) is 27.9 Å². The van der Waals surface area contributed by atoms with Crippen LogP contribution in [0.15, 0.2) is 58.4 Å². The Balaban J connectivity index is 0.987. The lowest BCUT2D eigenvalue weighted by Gasteiger charge is -2.40. The van der Waals surface area contributed by atoms with Crippen LogP contribution in [-0.4, -0.2) is 103 Å². The molecule has 63 heavy (non-hydrogen) atoms. The molecule has 2 saturated carbocycles. The Morgan fingerprint density at radius 3 is 1.79 bits per heavy atom. The fourth-order valence-electron chi connectivity index (χ4n) is 9.00. The summed E-state index contributed by atoms with van der Waals surface area (Å²) in [6.45, 7) is 3.06. The summed E-state index contributed by atoms with van der Waals surface area (Å²) in [7, 11) is 0. The minimum Gasteiger partial charge on any atom is -0.503 e. The molecule has 2 aliphatic heterocycles. The van der Waals surface area contributed by atoms with Crippen LogP contribution < -0.4 is 21.5 Å². The maximum absolute atomic E-state index is 14.5. The van der Waals surface area contributed by atoms with Crippen LogP contribution in [0.2, 0.25) is 10.0 Å². The number of hydrogen-bond donors (Lipinski definition) is 5. The van der Waals surface area contributed by atoms with Crippen molar-refractivity contribution in [2.45, 2.75) is 56.9 Å². The van der Waals surface area contributed by atoms with Gasteiger partial charge in [0.05, 0.1) is 40.4 Å². The summed E-state index contributed by atoms with van der Waals surface area (Å²) in [5.41, 5.74) is -5.49. The lowest BCUT2D eigenvalue weighted by molar-refractivity contribution is 0.0260. The molecule has 4 aliphatic rings. The van der Waals surface area contributed by atoms with Crippen LogP contribution in [-0.2, 0) is 28.9 Å². The van der Waals surface area contributed by atoms with Gasteiger partial charge in [-0.05, 0) is 38.8 Å². The van der Waals surface area contributed by atoms with E-state index in [1.165, 1.54) is 67.7 Å². The number of fused-ring (bicyclic) bond motifs is 4. The van der Waals surface area contributed by atoms with Crippen molar-refractivity contribution in [1.82, 2.24) is 29.6 Å². The molecule has 2 aromatic heterocycles. The highest BCUT2D eigenvalue weighted by molar-refractivity contribution is 6.31. The summed E-state index contributed by atoms with van der Waals surface area (Å²) >= 11 is 11.7. The average Bonchev–Trinajstić information content (AvgIpc) is 4.17. The molecule has 0 saturated heterocycles. The van der Waals surface area contributed by atoms with E-state index >= 15 is 0 Å². The number of pyridine rings is 2. The minimum absolute atomic E-state index is 0.0316. The van der Waals surface area contributed by atoms with E-state index in [-0.39, 0.29) is 91.0 Å². The first-order valence-corrected chi connectivity index (χ1v) is 20.9. The molecular formula is C43H42Cl2F2N6O10. The number of halogens is 4. The monoisotopic (exact) mass is 910 g/mol.